The van der Waals surface area contributed by atoms with Crippen molar-refractivity contribution in [2.24, 2.45) is 0 Å². The van der Waals surface area contributed by atoms with E-state index in [0.717, 1.165) is 5.56 Å². The Labute approximate surface area is 125 Å². The first-order chi connectivity index (χ1) is 10.1. The van der Waals surface area contributed by atoms with Crippen LogP contribution in [0.3, 0.4) is 0 Å². The SMILES string of the molecule is O=C(Nc1ccc(Cl)nc1C(=O)O)OCc1ccccc1. The molecule has 7 heteroatoms. The van der Waals surface area contributed by atoms with Gasteiger partial charge in [-0.3, -0.25) is 5.32 Å². The Morgan fingerprint density at radius 2 is 1.90 bits per heavy atom. The molecule has 0 saturated carbocycles. The van der Waals surface area contributed by atoms with Gasteiger partial charge in [-0.15, -0.1) is 0 Å². The fourth-order valence-corrected chi connectivity index (χ4v) is 1.72. The lowest BCUT2D eigenvalue weighted by atomic mass is 10.2. The van der Waals surface area contributed by atoms with Gasteiger partial charge in [0.15, 0.2) is 5.69 Å². The van der Waals surface area contributed by atoms with Gasteiger partial charge >= 0.3 is 12.1 Å². The molecule has 0 unspecified atom stereocenters. The molecule has 2 N–H and O–H groups in total. The van der Waals surface area contributed by atoms with Gasteiger partial charge in [0.2, 0.25) is 0 Å². The summed E-state index contributed by atoms with van der Waals surface area (Å²) in [6, 6.07) is 11.8. The molecule has 0 fully saturated rings. The van der Waals surface area contributed by atoms with Crippen molar-refractivity contribution in [1.82, 2.24) is 4.98 Å². The van der Waals surface area contributed by atoms with E-state index < -0.39 is 12.1 Å². The third-order valence-corrected chi connectivity index (χ3v) is 2.72. The van der Waals surface area contributed by atoms with Crippen molar-refractivity contribution in [2.75, 3.05) is 5.32 Å². The Hall–Kier alpha value is -2.60. The van der Waals surface area contributed by atoms with Crippen LogP contribution < -0.4 is 5.32 Å². The highest BCUT2D eigenvalue weighted by molar-refractivity contribution is 6.29. The summed E-state index contributed by atoms with van der Waals surface area (Å²) in [5.74, 6) is -1.30. The van der Waals surface area contributed by atoms with Crippen LogP contribution in [0.5, 0.6) is 0 Å². The molecule has 0 radical (unpaired) electrons. The maximum atomic E-state index is 11.7. The lowest BCUT2D eigenvalue weighted by Crippen LogP contribution is -2.16. The number of aromatic nitrogens is 1. The number of carbonyl (C=O) groups is 2. The third-order valence-electron chi connectivity index (χ3n) is 2.51. The second kappa shape index (κ2) is 6.71. The number of carbonyl (C=O) groups excluding carboxylic acids is 1. The zero-order valence-electron chi connectivity index (χ0n) is 10.7. The van der Waals surface area contributed by atoms with Gasteiger partial charge in [-0.05, 0) is 17.7 Å². The first-order valence-electron chi connectivity index (χ1n) is 5.94. The fourth-order valence-electron chi connectivity index (χ4n) is 1.57. The third kappa shape index (κ3) is 4.19. The maximum absolute atomic E-state index is 11.7. The van der Waals surface area contributed by atoms with Crippen LogP contribution >= 0.6 is 11.6 Å². The molecule has 6 nitrogen and oxygen atoms in total. The second-order valence-corrected chi connectivity index (χ2v) is 4.41. The molecule has 0 aliphatic rings. The lowest BCUT2D eigenvalue weighted by molar-refractivity contribution is 0.0691. The number of hydrogen-bond acceptors (Lipinski definition) is 4. The number of ether oxygens (including phenoxy) is 1. The number of carboxylic acids is 1. The number of nitrogens with one attached hydrogen (secondary N) is 1. The van der Waals surface area contributed by atoms with E-state index in [-0.39, 0.29) is 23.1 Å². The molecule has 0 spiro atoms. The van der Waals surface area contributed by atoms with Crippen molar-refractivity contribution < 1.29 is 19.4 Å². The quantitative estimate of drug-likeness (QED) is 0.847. The minimum atomic E-state index is -1.30. The Morgan fingerprint density at radius 3 is 2.57 bits per heavy atom. The predicted octanol–water partition coefficient (Wildman–Crippen LogP) is 3.18. The Balaban J connectivity index is 2.01. The molecule has 1 aromatic carbocycles. The molecule has 21 heavy (non-hydrogen) atoms. The molecule has 0 bridgehead atoms. The van der Waals surface area contributed by atoms with Crippen molar-refractivity contribution in [3.05, 3.63) is 58.9 Å². The normalized spacial score (nSPS) is 9.95. The van der Waals surface area contributed by atoms with Gasteiger partial charge in [0, 0.05) is 0 Å². The predicted molar refractivity (Wildman–Crippen MR) is 76.5 cm³/mol. The second-order valence-electron chi connectivity index (χ2n) is 4.02. The number of pyridine rings is 1. The van der Waals surface area contributed by atoms with Crippen molar-refractivity contribution in [3.63, 3.8) is 0 Å². The van der Waals surface area contributed by atoms with Crippen LogP contribution in [-0.4, -0.2) is 22.2 Å². The van der Waals surface area contributed by atoms with E-state index in [4.69, 9.17) is 21.4 Å². The summed E-state index contributed by atoms with van der Waals surface area (Å²) < 4.78 is 4.99. The van der Waals surface area contributed by atoms with Crippen LogP contribution in [0.15, 0.2) is 42.5 Å². The van der Waals surface area contributed by atoms with Crippen molar-refractivity contribution in [3.8, 4) is 0 Å². The van der Waals surface area contributed by atoms with Gasteiger partial charge in [0.1, 0.15) is 11.8 Å². The topological polar surface area (TPSA) is 88.5 Å². The highest BCUT2D eigenvalue weighted by atomic mass is 35.5. The Kier molecular flexibility index (Phi) is 4.73. The molecule has 108 valence electrons. The molecule has 0 aliphatic carbocycles. The van der Waals surface area contributed by atoms with Crippen molar-refractivity contribution in [1.29, 1.82) is 0 Å². The average Bonchev–Trinajstić information content (AvgIpc) is 2.48. The minimum Gasteiger partial charge on any atom is -0.476 e. The number of amides is 1. The van der Waals surface area contributed by atoms with E-state index >= 15 is 0 Å². The molecular weight excluding hydrogens is 296 g/mol. The van der Waals surface area contributed by atoms with Crippen LogP contribution in [-0.2, 0) is 11.3 Å². The minimum absolute atomic E-state index is 0.0185. The highest BCUT2D eigenvalue weighted by Gasteiger charge is 2.15. The molecule has 0 atom stereocenters. The molecule has 1 amide bonds. The van der Waals surface area contributed by atoms with Gasteiger partial charge < -0.3 is 9.84 Å². The lowest BCUT2D eigenvalue weighted by Gasteiger charge is -2.09. The summed E-state index contributed by atoms with van der Waals surface area (Å²) in [6.07, 6.45) is -0.773. The molecule has 1 aromatic heterocycles. The number of nitrogens with zero attached hydrogens (tertiary/aromatic N) is 1. The zero-order chi connectivity index (χ0) is 15.2. The Bertz CT molecular complexity index is 661. The smallest absolute Gasteiger partial charge is 0.412 e. The number of benzene rings is 1. The molecule has 0 saturated heterocycles. The highest BCUT2D eigenvalue weighted by Crippen LogP contribution is 2.17. The number of aromatic carboxylic acids is 1. The molecule has 1 heterocycles. The van der Waals surface area contributed by atoms with Gasteiger partial charge in [-0.1, -0.05) is 41.9 Å². The largest absolute Gasteiger partial charge is 0.476 e. The summed E-state index contributed by atoms with van der Waals surface area (Å²) in [5, 5.41) is 11.3. The number of halogens is 1. The molecule has 2 aromatic rings. The first-order valence-corrected chi connectivity index (χ1v) is 6.31. The van der Waals surface area contributed by atoms with E-state index in [2.05, 4.69) is 10.3 Å². The summed E-state index contributed by atoms with van der Waals surface area (Å²) in [5.41, 5.74) is 0.490. The van der Waals surface area contributed by atoms with Crippen LogP contribution in [0.25, 0.3) is 0 Å². The van der Waals surface area contributed by atoms with Gasteiger partial charge in [-0.2, -0.15) is 0 Å². The molecule has 2 rings (SSSR count). The monoisotopic (exact) mass is 306 g/mol. The number of hydrogen-bond donors (Lipinski definition) is 2. The molecule has 0 aliphatic heterocycles. The van der Waals surface area contributed by atoms with Crippen molar-refractivity contribution in [2.45, 2.75) is 6.61 Å². The zero-order valence-corrected chi connectivity index (χ0v) is 11.5. The summed E-state index contributed by atoms with van der Waals surface area (Å²) in [7, 11) is 0. The maximum Gasteiger partial charge on any atom is 0.412 e. The average molecular weight is 307 g/mol. The number of rotatable bonds is 4. The first kappa shape index (κ1) is 14.8. The van der Waals surface area contributed by atoms with E-state index in [1.165, 1.54) is 12.1 Å². The van der Waals surface area contributed by atoms with E-state index in [0.29, 0.717) is 0 Å². The fraction of sp³-hybridized carbons (Fsp3) is 0.0714. The van der Waals surface area contributed by atoms with Crippen molar-refractivity contribution >= 4 is 29.4 Å². The van der Waals surface area contributed by atoms with E-state index in [1.54, 1.807) is 12.1 Å². The molecular formula is C14H11ClN2O4. The summed E-state index contributed by atoms with van der Waals surface area (Å²) in [6.45, 7) is 0.0795. The van der Waals surface area contributed by atoms with Crippen LogP contribution in [0.2, 0.25) is 5.15 Å². The van der Waals surface area contributed by atoms with E-state index in [9.17, 15) is 9.59 Å². The summed E-state index contributed by atoms with van der Waals surface area (Å²) in [4.78, 5) is 26.3. The Morgan fingerprint density at radius 1 is 1.19 bits per heavy atom. The van der Waals surface area contributed by atoms with Gasteiger partial charge in [0.05, 0.1) is 5.69 Å². The standard InChI is InChI=1S/C14H11ClN2O4/c15-11-7-6-10(12(17-11)13(18)19)16-14(20)21-8-9-4-2-1-3-5-9/h1-7H,8H2,(H,16,20)(H,18,19). The van der Waals surface area contributed by atoms with Gasteiger partial charge in [-0.25, -0.2) is 14.6 Å². The summed E-state index contributed by atoms with van der Waals surface area (Å²) >= 11 is 5.62. The number of carboxylic acid groups (broad SMARTS) is 1. The number of anilines is 1. The van der Waals surface area contributed by atoms with Crippen LogP contribution in [0.4, 0.5) is 10.5 Å². The van der Waals surface area contributed by atoms with Crippen LogP contribution in [0, 0.1) is 0 Å². The van der Waals surface area contributed by atoms with Crippen LogP contribution in [0.1, 0.15) is 16.1 Å². The van der Waals surface area contributed by atoms with Gasteiger partial charge in [0.25, 0.3) is 0 Å². The van der Waals surface area contributed by atoms with E-state index in [1.807, 2.05) is 18.2 Å².